The minimum absolute atomic E-state index is 0.299. The number of imidazole rings is 1. The molecule has 1 fully saturated rings. The maximum atomic E-state index is 12.1. The van der Waals surface area contributed by atoms with Crippen LogP contribution in [0, 0.1) is 12.8 Å². The molecule has 0 radical (unpaired) electrons. The van der Waals surface area contributed by atoms with Crippen LogP contribution in [0.4, 0.5) is 0 Å². The average Bonchev–Trinajstić information content (AvgIpc) is 2.97. The smallest absolute Gasteiger partial charge is 0.222 e. The molecule has 0 N–H and O–H groups in total. The molecule has 4 nitrogen and oxygen atoms in total. The van der Waals surface area contributed by atoms with Gasteiger partial charge in [-0.2, -0.15) is 0 Å². The van der Waals surface area contributed by atoms with Crippen molar-refractivity contribution in [1.82, 2.24) is 14.5 Å². The molecular formula is C16H27N3O. The number of amides is 1. The molecule has 0 aliphatic carbocycles. The highest BCUT2D eigenvalue weighted by Gasteiger charge is 2.30. The maximum absolute atomic E-state index is 12.1. The van der Waals surface area contributed by atoms with Gasteiger partial charge in [0.1, 0.15) is 5.82 Å². The summed E-state index contributed by atoms with van der Waals surface area (Å²) in [5.74, 6) is 2.31. The standard InChI is InChI=1S/C16H27N3O/c1-5-7-19-13(4)10-17-16(19)14-6-8-18(11-14)15(20)9-12(2)3/h10,12,14H,5-9,11H2,1-4H3. The zero-order chi connectivity index (χ0) is 14.7. The first-order valence-electron chi connectivity index (χ1n) is 7.82. The molecule has 0 spiro atoms. The monoisotopic (exact) mass is 277 g/mol. The third kappa shape index (κ3) is 3.22. The normalized spacial score (nSPS) is 19.1. The summed E-state index contributed by atoms with van der Waals surface area (Å²) in [5, 5.41) is 0. The maximum Gasteiger partial charge on any atom is 0.222 e. The van der Waals surface area contributed by atoms with Gasteiger partial charge < -0.3 is 9.47 Å². The van der Waals surface area contributed by atoms with Crippen LogP contribution < -0.4 is 0 Å². The van der Waals surface area contributed by atoms with Crippen molar-refractivity contribution >= 4 is 5.91 Å². The summed E-state index contributed by atoms with van der Waals surface area (Å²) < 4.78 is 2.32. The number of nitrogens with zero attached hydrogens (tertiary/aromatic N) is 3. The summed E-state index contributed by atoms with van der Waals surface area (Å²) >= 11 is 0. The Kier molecular flexibility index (Phi) is 4.84. The number of carbonyl (C=O) groups is 1. The lowest BCUT2D eigenvalue weighted by atomic mass is 10.1. The minimum Gasteiger partial charge on any atom is -0.342 e. The topological polar surface area (TPSA) is 38.1 Å². The van der Waals surface area contributed by atoms with E-state index in [9.17, 15) is 4.79 Å². The number of rotatable bonds is 5. The van der Waals surface area contributed by atoms with Crippen LogP contribution >= 0.6 is 0 Å². The first-order valence-corrected chi connectivity index (χ1v) is 7.82. The Hall–Kier alpha value is -1.32. The van der Waals surface area contributed by atoms with E-state index in [1.807, 2.05) is 11.1 Å². The number of aryl methyl sites for hydroxylation is 1. The van der Waals surface area contributed by atoms with Crippen molar-refractivity contribution in [2.45, 2.75) is 59.4 Å². The first kappa shape index (κ1) is 15.1. The van der Waals surface area contributed by atoms with Crippen LogP contribution in [0.2, 0.25) is 0 Å². The second-order valence-corrected chi connectivity index (χ2v) is 6.33. The van der Waals surface area contributed by atoms with Crippen molar-refractivity contribution < 1.29 is 4.79 Å². The van der Waals surface area contributed by atoms with Crippen molar-refractivity contribution in [3.63, 3.8) is 0 Å². The molecule has 0 bridgehead atoms. The Morgan fingerprint density at radius 3 is 2.90 bits per heavy atom. The van der Waals surface area contributed by atoms with Gasteiger partial charge in [0.15, 0.2) is 0 Å². The lowest BCUT2D eigenvalue weighted by molar-refractivity contribution is -0.130. The summed E-state index contributed by atoms with van der Waals surface area (Å²) in [6, 6.07) is 0. The zero-order valence-corrected chi connectivity index (χ0v) is 13.2. The van der Waals surface area contributed by atoms with E-state index in [0.29, 0.717) is 24.2 Å². The Labute approximate surface area is 122 Å². The van der Waals surface area contributed by atoms with E-state index < -0.39 is 0 Å². The lowest BCUT2D eigenvalue weighted by Crippen LogP contribution is -2.29. The number of aromatic nitrogens is 2. The molecule has 20 heavy (non-hydrogen) atoms. The molecule has 1 aliphatic heterocycles. The Balaban J connectivity index is 2.04. The van der Waals surface area contributed by atoms with Crippen LogP contribution in [0.3, 0.4) is 0 Å². The molecule has 4 heteroatoms. The molecule has 1 aromatic heterocycles. The van der Waals surface area contributed by atoms with Gasteiger partial charge in [0.05, 0.1) is 0 Å². The van der Waals surface area contributed by atoms with Crippen LogP contribution in [0.5, 0.6) is 0 Å². The summed E-state index contributed by atoms with van der Waals surface area (Å²) in [6.07, 6.45) is 4.79. The summed E-state index contributed by atoms with van der Waals surface area (Å²) in [7, 11) is 0. The summed E-state index contributed by atoms with van der Waals surface area (Å²) in [5.41, 5.74) is 1.23. The first-order chi connectivity index (χ1) is 9.52. The third-order valence-electron chi connectivity index (χ3n) is 4.02. The third-order valence-corrected chi connectivity index (χ3v) is 4.02. The fourth-order valence-corrected chi connectivity index (χ4v) is 3.00. The molecule has 2 heterocycles. The van der Waals surface area contributed by atoms with E-state index in [2.05, 4.69) is 37.2 Å². The quantitative estimate of drug-likeness (QED) is 0.830. The molecule has 1 aromatic rings. The number of hydrogen-bond acceptors (Lipinski definition) is 2. The summed E-state index contributed by atoms with van der Waals surface area (Å²) in [4.78, 5) is 18.8. The molecule has 1 aliphatic rings. The van der Waals surface area contributed by atoms with Gasteiger partial charge in [-0.15, -0.1) is 0 Å². The van der Waals surface area contributed by atoms with Gasteiger partial charge in [-0.3, -0.25) is 4.79 Å². The predicted molar refractivity (Wildman–Crippen MR) is 80.6 cm³/mol. The zero-order valence-electron chi connectivity index (χ0n) is 13.2. The van der Waals surface area contributed by atoms with Crippen LogP contribution in [0.1, 0.15) is 57.5 Å². The van der Waals surface area contributed by atoms with Crippen molar-refractivity contribution in [3.05, 3.63) is 17.7 Å². The molecule has 2 rings (SSSR count). The van der Waals surface area contributed by atoms with Gasteiger partial charge in [0.2, 0.25) is 5.91 Å². The van der Waals surface area contributed by atoms with E-state index in [-0.39, 0.29) is 0 Å². The SMILES string of the molecule is CCCn1c(C)cnc1C1CCN(C(=O)CC(C)C)C1. The van der Waals surface area contributed by atoms with E-state index in [4.69, 9.17) is 0 Å². The predicted octanol–water partition coefficient (Wildman–Crippen LogP) is 2.96. The van der Waals surface area contributed by atoms with E-state index in [1.54, 1.807) is 0 Å². The van der Waals surface area contributed by atoms with Crippen LogP contribution in [-0.4, -0.2) is 33.4 Å². The fraction of sp³-hybridized carbons (Fsp3) is 0.750. The van der Waals surface area contributed by atoms with Crippen LogP contribution in [0.15, 0.2) is 6.20 Å². The molecular weight excluding hydrogens is 250 g/mol. The largest absolute Gasteiger partial charge is 0.342 e. The van der Waals surface area contributed by atoms with E-state index in [1.165, 1.54) is 11.5 Å². The highest BCUT2D eigenvalue weighted by molar-refractivity contribution is 5.76. The number of carbonyl (C=O) groups excluding carboxylic acids is 1. The van der Waals surface area contributed by atoms with Gasteiger partial charge >= 0.3 is 0 Å². The Morgan fingerprint density at radius 1 is 1.50 bits per heavy atom. The number of hydrogen-bond donors (Lipinski definition) is 0. The van der Waals surface area contributed by atoms with Gasteiger partial charge in [0.25, 0.3) is 0 Å². The van der Waals surface area contributed by atoms with E-state index in [0.717, 1.165) is 32.5 Å². The van der Waals surface area contributed by atoms with Crippen LogP contribution in [0.25, 0.3) is 0 Å². The fourth-order valence-electron chi connectivity index (χ4n) is 3.00. The molecule has 0 aromatic carbocycles. The molecule has 0 saturated carbocycles. The van der Waals surface area contributed by atoms with E-state index >= 15 is 0 Å². The van der Waals surface area contributed by atoms with Gasteiger partial charge in [-0.1, -0.05) is 20.8 Å². The highest BCUT2D eigenvalue weighted by Crippen LogP contribution is 2.28. The Morgan fingerprint density at radius 2 is 2.25 bits per heavy atom. The van der Waals surface area contributed by atoms with Gasteiger partial charge in [-0.25, -0.2) is 4.98 Å². The van der Waals surface area contributed by atoms with Crippen molar-refractivity contribution in [2.75, 3.05) is 13.1 Å². The van der Waals surface area contributed by atoms with Crippen molar-refractivity contribution in [1.29, 1.82) is 0 Å². The summed E-state index contributed by atoms with van der Waals surface area (Å²) in [6.45, 7) is 11.3. The molecule has 112 valence electrons. The van der Waals surface area contributed by atoms with Gasteiger partial charge in [-0.05, 0) is 25.7 Å². The average molecular weight is 277 g/mol. The lowest BCUT2D eigenvalue weighted by Gasteiger charge is -2.18. The molecule has 1 saturated heterocycles. The van der Waals surface area contributed by atoms with Crippen molar-refractivity contribution in [2.24, 2.45) is 5.92 Å². The minimum atomic E-state index is 0.299. The highest BCUT2D eigenvalue weighted by atomic mass is 16.2. The Bertz CT molecular complexity index is 464. The second kappa shape index (κ2) is 6.42. The molecule has 1 amide bonds. The van der Waals surface area contributed by atoms with Crippen molar-refractivity contribution in [3.8, 4) is 0 Å². The molecule has 1 atom stereocenters. The molecule has 1 unspecified atom stereocenters. The second-order valence-electron chi connectivity index (χ2n) is 6.33. The van der Waals surface area contributed by atoms with Crippen LogP contribution in [-0.2, 0) is 11.3 Å². The van der Waals surface area contributed by atoms with Gasteiger partial charge in [0, 0.05) is 43.9 Å². The number of likely N-dealkylation sites (tertiary alicyclic amines) is 1.